The molecule has 0 bridgehead atoms. The van der Waals surface area contributed by atoms with Gasteiger partial charge in [0, 0.05) is 51.1 Å². The minimum Gasteiger partial charge on any atom is -0.342 e. The molecule has 1 aliphatic rings. The molecule has 0 saturated carbocycles. The Bertz CT molecular complexity index is 607. The molecule has 0 spiro atoms. The largest absolute Gasteiger partial charge is 0.342 e. The second-order valence-electron chi connectivity index (χ2n) is 6.01. The zero-order valence-corrected chi connectivity index (χ0v) is 14.7. The SMILES string of the molecule is CC(Cc1ccc(Br)cc1)C(=O)N1CC(CS(C)(=N)=O)C1. The van der Waals surface area contributed by atoms with Crippen LogP contribution < -0.4 is 0 Å². The van der Waals surface area contributed by atoms with Crippen LogP contribution in [-0.4, -0.2) is 40.1 Å². The Balaban J connectivity index is 1.83. The molecule has 0 aromatic heterocycles. The highest BCUT2D eigenvalue weighted by Crippen LogP contribution is 2.22. The van der Waals surface area contributed by atoms with Crippen LogP contribution in [0.15, 0.2) is 28.7 Å². The van der Waals surface area contributed by atoms with Crippen molar-refractivity contribution in [1.29, 1.82) is 4.78 Å². The van der Waals surface area contributed by atoms with Crippen LogP contribution in [0, 0.1) is 16.6 Å². The first-order valence-corrected chi connectivity index (χ1v) is 9.92. The Hall–Kier alpha value is -0.880. The van der Waals surface area contributed by atoms with E-state index >= 15 is 0 Å². The molecule has 21 heavy (non-hydrogen) atoms. The predicted molar refractivity (Wildman–Crippen MR) is 88.7 cm³/mol. The standard InChI is InChI=1S/C15H21BrN2O2S/c1-11(7-12-3-5-14(16)6-4-12)15(19)18-8-13(9-18)10-21(2,17)20/h3-6,11,13,17H,7-10H2,1-2H3. The summed E-state index contributed by atoms with van der Waals surface area (Å²) in [5.41, 5.74) is 1.15. The molecule has 1 heterocycles. The smallest absolute Gasteiger partial charge is 0.225 e. The van der Waals surface area contributed by atoms with Crippen LogP contribution in [0.25, 0.3) is 0 Å². The van der Waals surface area contributed by atoms with Gasteiger partial charge in [-0.05, 0) is 24.1 Å². The van der Waals surface area contributed by atoms with Gasteiger partial charge in [0.25, 0.3) is 0 Å². The minimum absolute atomic E-state index is 0.0471. The van der Waals surface area contributed by atoms with Gasteiger partial charge in [0.2, 0.25) is 5.91 Å². The van der Waals surface area contributed by atoms with E-state index in [1.54, 1.807) is 0 Å². The first-order valence-electron chi connectivity index (χ1n) is 6.99. The van der Waals surface area contributed by atoms with Gasteiger partial charge in [0.05, 0.1) is 0 Å². The van der Waals surface area contributed by atoms with E-state index < -0.39 is 9.73 Å². The molecule has 1 amide bonds. The molecule has 2 atom stereocenters. The lowest BCUT2D eigenvalue weighted by Crippen LogP contribution is -2.53. The normalized spacial score (nSPS) is 19.7. The lowest BCUT2D eigenvalue weighted by molar-refractivity contribution is -0.140. The van der Waals surface area contributed by atoms with Gasteiger partial charge in [-0.2, -0.15) is 0 Å². The molecule has 0 aliphatic carbocycles. The topological polar surface area (TPSA) is 61.2 Å². The number of benzene rings is 1. The van der Waals surface area contributed by atoms with Crippen molar-refractivity contribution in [3.63, 3.8) is 0 Å². The first-order chi connectivity index (χ1) is 9.74. The highest BCUT2D eigenvalue weighted by Gasteiger charge is 2.33. The Morgan fingerprint density at radius 2 is 2.00 bits per heavy atom. The summed E-state index contributed by atoms with van der Waals surface area (Å²) in [7, 11) is -2.45. The number of hydrogen-bond acceptors (Lipinski definition) is 3. The van der Waals surface area contributed by atoms with Gasteiger partial charge in [0.1, 0.15) is 0 Å². The van der Waals surface area contributed by atoms with Crippen molar-refractivity contribution in [3.8, 4) is 0 Å². The summed E-state index contributed by atoms with van der Waals surface area (Å²) in [6.45, 7) is 3.24. The molecule has 0 radical (unpaired) electrons. The average Bonchev–Trinajstić information content (AvgIpc) is 2.34. The van der Waals surface area contributed by atoms with Crippen molar-refractivity contribution in [2.45, 2.75) is 13.3 Å². The van der Waals surface area contributed by atoms with Crippen LogP contribution in [0.2, 0.25) is 0 Å². The fraction of sp³-hybridized carbons (Fsp3) is 0.533. The van der Waals surface area contributed by atoms with Gasteiger partial charge < -0.3 is 4.90 Å². The Labute approximate surface area is 135 Å². The van der Waals surface area contributed by atoms with E-state index in [9.17, 15) is 9.00 Å². The van der Waals surface area contributed by atoms with Gasteiger partial charge in [-0.1, -0.05) is 35.0 Å². The number of nitrogens with one attached hydrogen (secondary N) is 1. The molecular formula is C15H21BrN2O2S. The number of carbonyl (C=O) groups is 1. The number of halogens is 1. The second kappa shape index (κ2) is 6.48. The number of carbonyl (C=O) groups excluding carboxylic acids is 1. The van der Waals surface area contributed by atoms with Gasteiger partial charge in [-0.25, -0.2) is 0 Å². The fourth-order valence-electron chi connectivity index (χ4n) is 2.68. The van der Waals surface area contributed by atoms with Gasteiger partial charge in [0.15, 0.2) is 0 Å². The van der Waals surface area contributed by atoms with E-state index in [-0.39, 0.29) is 17.7 Å². The molecule has 2 rings (SSSR count). The summed E-state index contributed by atoms with van der Waals surface area (Å²) in [6.07, 6.45) is 2.20. The molecule has 6 heteroatoms. The number of nitrogens with zero attached hydrogens (tertiary/aromatic N) is 1. The number of hydrogen-bond donors (Lipinski definition) is 1. The summed E-state index contributed by atoms with van der Waals surface area (Å²) in [6, 6.07) is 8.02. The Kier molecular flexibility index (Phi) is 5.09. The third-order valence-corrected chi connectivity index (χ3v) is 5.34. The molecule has 1 saturated heterocycles. The second-order valence-corrected chi connectivity index (χ2v) is 9.27. The molecule has 1 aliphatic heterocycles. The van der Waals surface area contributed by atoms with E-state index in [1.165, 1.54) is 6.26 Å². The maximum Gasteiger partial charge on any atom is 0.225 e. The Morgan fingerprint density at radius 1 is 1.43 bits per heavy atom. The van der Waals surface area contributed by atoms with Crippen LogP contribution in [0.3, 0.4) is 0 Å². The van der Waals surface area contributed by atoms with E-state index in [2.05, 4.69) is 15.9 Å². The van der Waals surface area contributed by atoms with E-state index in [0.717, 1.165) is 16.5 Å². The highest BCUT2D eigenvalue weighted by atomic mass is 79.9. The number of amides is 1. The molecule has 4 nitrogen and oxygen atoms in total. The van der Waals surface area contributed by atoms with Gasteiger partial charge >= 0.3 is 0 Å². The van der Waals surface area contributed by atoms with Crippen LogP contribution in [0.1, 0.15) is 12.5 Å². The quantitative estimate of drug-likeness (QED) is 0.863. The van der Waals surface area contributed by atoms with Crippen LogP contribution in [0.4, 0.5) is 0 Å². The Morgan fingerprint density at radius 3 is 2.52 bits per heavy atom. The van der Waals surface area contributed by atoms with E-state index in [1.807, 2.05) is 36.1 Å². The molecule has 1 N–H and O–H groups in total. The first kappa shape index (κ1) is 16.5. The van der Waals surface area contributed by atoms with E-state index in [0.29, 0.717) is 18.8 Å². The van der Waals surface area contributed by atoms with Crippen LogP contribution in [0.5, 0.6) is 0 Å². The van der Waals surface area contributed by atoms with Crippen molar-refractivity contribution in [3.05, 3.63) is 34.3 Å². The zero-order chi connectivity index (χ0) is 15.6. The summed E-state index contributed by atoms with van der Waals surface area (Å²) in [5, 5.41) is 0. The van der Waals surface area contributed by atoms with Crippen LogP contribution in [-0.2, 0) is 20.9 Å². The fourth-order valence-corrected chi connectivity index (χ4v) is 4.05. The molecule has 1 aromatic rings. The summed E-state index contributed by atoms with van der Waals surface area (Å²) >= 11 is 3.40. The van der Waals surface area contributed by atoms with Crippen LogP contribution >= 0.6 is 15.9 Å². The summed E-state index contributed by atoms with van der Waals surface area (Å²) in [4.78, 5) is 14.1. The molecule has 2 unspecified atom stereocenters. The van der Waals surface area contributed by atoms with Crippen molar-refractivity contribution >= 4 is 31.6 Å². The van der Waals surface area contributed by atoms with E-state index in [4.69, 9.17) is 4.78 Å². The van der Waals surface area contributed by atoms with Crippen molar-refractivity contribution in [2.75, 3.05) is 25.1 Å². The minimum atomic E-state index is -2.45. The summed E-state index contributed by atoms with van der Waals surface area (Å²) in [5.74, 6) is 0.734. The molecule has 1 aromatic carbocycles. The number of likely N-dealkylation sites (tertiary alicyclic amines) is 1. The predicted octanol–water partition coefficient (Wildman–Crippen LogP) is 2.76. The maximum absolute atomic E-state index is 12.3. The maximum atomic E-state index is 12.3. The third kappa shape index (κ3) is 4.81. The van der Waals surface area contributed by atoms with Crippen molar-refractivity contribution in [1.82, 2.24) is 4.90 Å². The number of rotatable bonds is 5. The summed E-state index contributed by atoms with van der Waals surface area (Å²) < 4.78 is 19.9. The third-order valence-electron chi connectivity index (χ3n) is 3.70. The van der Waals surface area contributed by atoms with Gasteiger partial charge in [-0.15, -0.1) is 0 Å². The molecule has 116 valence electrons. The monoisotopic (exact) mass is 372 g/mol. The highest BCUT2D eigenvalue weighted by molar-refractivity contribution is 9.10. The molecule has 1 fully saturated rings. The average molecular weight is 373 g/mol. The van der Waals surface area contributed by atoms with Crippen molar-refractivity contribution in [2.24, 2.45) is 11.8 Å². The lowest BCUT2D eigenvalue weighted by atomic mass is 9.95. The lowest BCUT2D eigenvalue weighted by Gasteiger charge is -2.40. The molecular weight excluding hydrogens is 352 g/mol. The zero-order valence-electron chi connectivity index (χ0n) is 12.3. The van der Waals surface area contributed by atoms with Crippen molar-refractivity contribution < 1.29 is 9.00 Å². The van der Waals surface area contributed by atoms with Gasteiger partial charge in [-0.3, -0.25) is 13.8 Å².